The Morgan fingerprint density at radius 2 is 1.43 bits per heavy atom. The van der Waals surface area contributed by atoms with E-state index in [-0.39, 0.29) is 37.4 Å². The van der Waals surface area contributed by atoms with Crippen LogP contribution < -0.4 is 18.9 Å². The second-order valence-corrected chi connectivity index (χ2v) is 2.15. The third-order valence-corrected chi connectivity index (χ3v) is 0.697. The van der Waals surface area contributed by atoms with Crippen molar-refractivity contribution in [3.05, 3.63) is 0 Å². The molecule has 1 aliphatic heterocycles. The standard InChI is InChI=1S/Fe.Li.H3O4P.H/c;;1-5(2)3-4-5;/h;;1-2,5H;/q;+1;;-1. The van der Waals surface area contributed by atoms with Crippen molar-refractivity contribution < 1.29 is 56.5 Å². The van der Waals surface area contributed by atoms with Crippen LogP contribution in [0.15, 0.2) is 0 Å². The summed E-state index contributed by atoms with van der Waals surface area (Å²) >= 11 is 0. The molecule has 1 rings (SSSR count). The first-order valence-electron chi connectivity index (χ1n) is 1.02. The zero-order valence-electron chi connectivity index (χ0n) is 4.56. The van der Waals surface area contributed by atoms with Crippen LogP contribution >= 0.6 is 8.17 Å². The Morgan fingerprint density at radius 3 is 1.43 bits per heavy atom. The largest absolute Gasteiger partial charge is 1.00 e. The fourth-order valence-corrected chi connectivity index (χ4v) is 0.335. The summed E-state index contributed by atoms with van der Waals surface area (Å²) in [6.07, 6.45) is 0. The van der Waals surface area contributed by atoms with Gasteiger partial charge in [0.2, 0.25) is 0 Å². The minimum Gasteiger partial charge on any atom is -1.00 e. The third-order valence-electron chi connectivity index (χ3n) is 0.232. The molecule has 0 amide bonds. The Hall–Kier alpha value is 1.39. The fraction of sp³-hybridized carbons (Fsp3) is 0. The van der Waals surface area contributed by atoms with Gasteiger partial charge in [-0.3, -0.25) is 0 Å². The smallest absolute Gasteiger partial charge is 1.00 e. The monoisotopic (exact) mass is 162 g/mol. The van der Waals surface area contributed by atoms with Gasteiger partial charge in [0.25, 0.3) is 0 Å². The molecule has 7 heteroatoms. The Labute approximate surface area is 64.9 Å². The first kappa shape index (κ1) is 11.2. The maximum absolute atomic E-state index is 7.88. The Bertz CT molecular complexity index is 54.0. The third kappa shape index (κ3) is 5.25. The van der Waals surface area contributed by atoms with Gasteiger partial charge in [-0.2, -0.15) is 0 Å². The van der Waals surface area contributed by atoms with Gasteiger partial charge in [-0.1, -0.05) is 0 Å². The SMILES string of the molecule is O[PH]1(O)OO1.[Fe].[H-].[Li+]. The van der Waals surface area contributed by atoms with Gasteiger partial charge in [-0.05, 0) is 0 Å². The first-order valence-corrected chi connectivity index (χ1v) is 2.73. The normalized spacial score (nSPS) is 26.0. The molecule has 42 valence electrons. The molecule has 7 heavy (non-hydrogen) atoms. The maximum Gasteiger partial charge on any atom is 1.00 e. The van der Waals surface area contributed by atoms with Crippen LogP contribution in [0.1, 0.15) is 1.43 Å². The van der Waals surface area contributed by atoms with Gasteiger partial charge in [0, 0.05) is 17.1 Å². The van der Waals surface area contributed by atoms with Crippen LogP contribution in [0.3, 0.4) is 0 Å². The van der Waals surface area contributed by atoms with E-state index >= 15 is 0 Å². The zero-order chi connectivity index (χ0) is 3.91. The van der Waals surface area contributed by atoms with E-state index in [1.165, 1.54) is 0 Å². The summed E-state index contributed by atoms with van der Waals surface area (Å²) in [5.74, 6) is 0. The van der Waals surface area contributed by atoms with E-state index in [4.69, 9.17) is 9.79 Å². The molecule has 0 aromatic heterocycles. The predicted molar refractivity (Wildman–Crippen MR) is 16.0 cm³/mol. The topological polar surface area (TPSA) is 65.5 Å². The van der Waals surface area contributed by atoms with Crippen molar-refractivity contribution in [3.8, 4) is 0 Å². The number of rotatable bonds is 0. The summed E-state index contributed by atoms with van der Waals surface area (Å²) in [4.78, 5) is 15.8. The molecule has 1 heterocycles. The molecule has 1 fully saturated rings. The van der Waals surface area contributed by atoms with Crippen LogP contribution in [-0.4, -0.2) is 9.79 Å². The fourth-order valence-electron chi connectivity index (χ4n) is 0.0373. The van der Waals surface area contributed by atoms with Gasteiger partial charge in [0.05, 0.1) is 0 Å². The second kappa shape index (κ2) is 3.42. The maximum atomic E-state index is 7.88. The molecular weight excluding hydrogens is 158 g/mol. The molecule has 0 radical (unpaired) electrons. The first-order chi connectivity index (χ1) is 2.21. The van der Waals surface area contributed by atoms with E-state index in [1.54, 1.807) is 0 Å². The summed E-state index contributed by atoms with van der Waals surface area (Å²) < 4.78 is 7.29. The van der Waals surface area contributed by atoms with Gasteiger partial charge in [-0.15, -0.1) is 0 Å². The van der Waals surface area contributed by atoms with Crippen LogP contribution in [0, 0.1) is 0 Å². The van der Waals surface area contributed by atoms with Crippen LogP contribution in [-0.2, 0) is 26.4 Å². The van der Waals surface area contributed by atoms with E-state index in [2.05, 4.69) is 9.35 Å². The van der Waals surface area contributed by atoms with Gasteiger partial charge >= 0.3 is 46.2 Å². The van der Waals surface area contributed by atoms with Gasteiger partial charge in [0.15, 0.2) is 0 Å². The number of hydrogen-bond acceptors (Lipinski definition) is 4. The van der Waals surface area contributed by atoms with E-state index < -0.39 is 8.17 Å². The second-order valence-electron chi connectivity index (χ2n) is 0.715. The van der Waals surface area contributed by atoms with Crippen molar-refractivity contribution in [2.45, 2.75) is 0 Å². The van der Waals surface area contributed by atoms with E-state index in [0.717, 1.165) is 0 Å². The molecule has 0 spiro atoms. The quantitative estimate of drug-likeness (QED) is 0.167. The van der Waals surface area contributed by atoms with E-state index in [9.17, 15) is 0 Å². The summed E-state index contributed by atoms with van der Waals surface area (Å²) in [5, 5.41) is 0. The van der Waals surface area contributed by atoms with E-state index in [0.29, 0.717) is 0 Å². The average molecular weight is 162 g/mol. The van der Waals surface area contributed by atoms with Crippen molar-refractivity contribution in [1.29, 1.82) is 0 Å². The Morgan fingerprint density at radius 1 is 1.29 bits per heavy atom. The molecule has 0 saturated carbocycles. The van der Waals surface area contributed by atoms with Crippen LogP contribution in [0.2, 0.25) is 0 Å². The predicted octanol–water partition coefficient (Wildman–Crippen LogP) is -3.54. The van der Waals surface area contributed by atoms with Crippen LogP contribution in [0.4, 0.5) is 0 Å². The van der Waals surface area contributed by atoms with Crippen LogP contribution in [0.5, 0.6) is 0 Å². The number of hydrogen-bond donors (Lipinski definition) is 2. The van der Waals surface area contributed by atoms with Crippen molar-refractivity contribution in [2.75, 3.05) is 0 Å². The minimum absolute atomic E-state index is 0. The molecule has 0 aliphatic carbocycles. The van der Waals surface area contributed by atoms with Crippen molar-refractivity contribution in [1.82, 2.24) is 0 Å². The molecule has 0 unspecified atom stereocenters. The summed E-state index contributed by atoms with van der Waals surface area (Å²) in [6.45, 7) is 0. The minimum atomic E-state index is -3.36. The molecule has 1 aliphatic rings. The summed E-state index contributed by atoms with van der Waals surface area (Å²) in [7, 11) is -3.36. The van der Waals surface area contributed by atoms with E-state index in [1.807, 2.05) is 0 Å². The molecule has 0 aromatic carbocycles. The molecule has 1 saturated heterocycles. The summed E-state index contributed by atoms with van der Waals surface area (Å²) in [5.41, 5.74) is 0. The van der Waals surface area contributed by atoms with Crippen molar-refractivity contribution in [2.24, 2.45) is 0 Å². The molecule has 0 aromatic rings. The van der Waals surface area contributed by atoms with Gasteiger partial charge in [-0.25, -0.2) is 0 Å². The molecule has 0 atom stereocenters. The Kier molecular flexibility index (Phi) is 5.48. The summed E-state index contributed by atoms with van der Waals surface area (Å²) in [6, 6.07) is 0. The van der Waals surface area contributed by atoms with Gasteiger partial charge < -0.3 is 1.43 Å². The van der Waals surface area contributed by atoms with Crippen molar-refractivity contribution in [3.63, 3.8) is 0 Å². The molecule has 0 bridgehead atoms. The molecular formula is H4FeLiO4P. The average Bonchev–Trinajstić information content (AvgIpc) is 1.76. The van der Waals surface area contributed by atoms with Gasteiger partial charge in [0.1, 0.15) is 0 Å². The zero-order valence-corrected chi connectivity index (χ0v) is 5.67. The van der Waals surface area contributed by atoms with Crippen LogP contribution in [0.25, 0.3) is 0 Å². The molecule has 2 N–H and O–H groups in total. The Balaban J connectivity index is -0.0000000833. The molecule has 4 nitrogen and oxygen atoms in total. The van der Waals surface area contributed by atoms with Crippen molar-refractivity contribution >= 4 is 8.17 Å².